The summed E-state index contributed by atoms with van der Waals surface area (Å²) in [5.74, 6) is 1.39. The maximum absolute atomic E-state index is 13.3. The highest BCUT2D eigenvalue weighted by atomic mass is 79.9. The van der Waals surface area contributed by atoms with Gasteiger partial charge in [-0.1, -0.05) is 68.3 Å². The molecule has 2 aliphatic rings. The summed E-state index contributed by atoms with van der Waals surface area (Å²) in [6.07, 6.45) is 12.3. The zero-order valence-corrected chi connectivity index (χ0v) is 18.5. The molecule has 0 aliphatic heterocycles. The van der Waals surface area contributed by atoms with Gasteiger partial charge < -0.3 is 9.64 Å². The van der Waals surface area contributed by atoms with Gasteiger partial charge >= 0.3 is 0 Å². The molecule has 1 aromatic carbocycles. The van der Waals surface area contributed by atoms with Crippen LogP contribution in [0.25, 0.3) is 0 Å². The highest BCUT2D eigenvalue weighted by molar-refractivity contribution is 9.10. The van der Waals surface area contributed by atoms with Crippen LogP contribution in [0.3, 0.4) is 0 Å². The third-order valence-corrected chi connectivity index (χ3v) is 6.66. The van der Waals surface area contributed by atoms with Crippen molar-refractivity contribution in [1.29, 1.82) is 0 Å². The molecule has 0 atom stereocenters. The van der Waals surface area contributed by atoms with Crippen molar-refractivity contribution in [3.8, 4) is 5.75 Å². The quantitative estimate of drug-likeness (QED) is 0.513. The fourth-order valence-corrected chi connectivity index (χ4v) is 5.12. The van der Waals surface area contributed by atoms with E-state index in [1.54, 1.807) is 0 Å². The van der Waals surface area contributed by atoms with Gasteiger partial charge in [0.25, 0.3) is 5.91 Å². The molecule has 0 heterocycles. The zero-order chi connectivity index (χ0) is 19.2. The summed E-state index contributed by atoms with van der Waals surface area (Å²) < 4.78 is 7.12. The fourth-order valence-electron chi connectivity index (χ4n) is 4.74. The van der Waals surface area contributed by atoms with E-state index in [2.05, 4.69) is 40.7 Å². The van der Waals surface area contributed by atoms with E-state index in [-0.39, 0.29) is 12.5 Å². The minimum absolute atomic E-state index is 0.161. The molecule has 0 bridgehead atoms. The highest BCUT2D eigenvalue weighted by Crippen LogP contribution is 2.32. The Labute approximate surface area is 173 Å². The molecule has 1 amide bonds. The SMILES string of the molecule is CC(C)c1cc(Br)ccc1OCC(=O)N(C1CCCCC1)C1CCCCC1. The molecule has 3 nitrogen and oxygen atoms in total. The molecular weight excluding hydrogens is 402 g/mol. The highest BCUT2D eigenvalue weighted by Gasteiger charge is 2.32. The van der Waals surface area contributed by atoms with Crippen molar-refractivity contribution >= 4 is 21.8 Å². The minimum atomic E-state index is 0.161. The Kier molecular flexibility index (Phi) is 7.63. The molecule has 4 heteroatoms. The Hall–Kier alpha value is -1.03. The summed E-state index contributed by atoms with van der Waals surface area (Å²) in [6.45, 7) is 4.48. The first-order valence-corrected chi connectivity index (χ1v) is 11.6. The predicted octanol–water partition coefficient (Wildman–Crippen LogP) is 6.45. The van der Waals surface area contributed by atoms with Gasteiger partial charge in [0.05, 0.1) is 0 Å². The molecule has 0 unspecified atom stereocenters. The smallest absolute Gasteiger partial charge is 0.261 e. The standard InChI is InChI=1S/C23H34BrNO2/c1-17(2)21-15-18(24)13-14-22(21)27-16-23(26)25(19-9-5-3-6-10-19)20-11-7-4-8-12-20/h13-15,17,19-20H,3-12,16H2,1-2H3. The molecule has 150 valence electrons. The number of ether oxygens (including phenoxy) is 1. The third-order valence-electron chi connectivity index (χ3n) is 6.17. The first-order chi connectivity index (χ1) is 13.1. The third kappa shape index (κ3) is 5.49. The van der Waals surface area contributed by atoms with E-state index in [0.717, 1.165) is 41.5 Å². The summed E-state index contributed by atoms with van der Waals surface area (Å²) in [6, 6.07) is 6.92. The van der Waals surface area contributed by atoms with Crippen molar-refractivity contribution < 1.29 is 9.53 Å². The topological polar surface area (TPSA) is 29.5 Å². The van der Waals surface area contributed by atoms with E-state index in [1.807, 2.05) is 12.1 Å². The fraction of sp³-hybridized carbons (Fsp3) is 0.696. The first kappa shape index (κ1) is 20.7. The van der Waals surface area contributed by atoms with Crippen LogP contribution in [0.5, 0.6) is 5.75 Å². The number of nitrogens with zero attached hydrogens (tertiary/aromatic N) is 1. The normalized spacial score (nSPS) is 19.3. The Morgan fingerprint density at radius 1 is 1.04 bits per heavy atom. The summed E-state index contributed by atoms with van der Waals surface area (Å²) in [7, 11) is 0. The van der Waals surface area contributed by atoms with Crippen molar-refractivity contribution in [1.82, 2.24) is 4.90 Å². The number of carbonyl (C=O) groups is 1. The van der Waals surface area contributed by atoms with Gasteiger partial charge in [0.2, 0.25) is 0 Å². The molecule has 2 aliphatic carbocycles. The lowest BCUT2D eigenvalue weighted by molar-refractivity contribution is -0.140. The second kappa shape index (κ2) is 9.95. The van der Waals surface area contributed by atoms with Gasteiger partial charge in [0.1, 0.15) is 5.75 Å². The van der Waals surface area contributed by atoms with Crippen molar-refractivity contribution in [3.05, 3.63) is 28.2 Å². The van der Waals surface area contributed by atoms with Crippen LogP contribution in [0.4, 0.5) is 0 Å². The Morgan fingerprint density at radius 2 is 1.59 bits per heavy atom. The second-order valence-corrected chi connectivity index (χ2v) is 9.43. The van der Waals surface area contributed by atoms with E-state index in [0.29, 0.717) is 18.0 Å². The van der Waals surface area contributed by atoms with Gasteiger partial charge in [-0.3, -0.25) is 4.79 Å². The lowest BCUT2D eigenvalue weighted by atomic mass is 9.88. The van der Waals surface area contributed by atoms with E-state index < -0.39 is 0 Å². The zero-order valence-electron chi connectivity index (χ0n) is 16.9. The van der Waals surface area contributed by atoms with Gasteiger partial charge in [-0.2, -0.15) is 0 Å². The van der Waals surface area contributed by atoms with Crippen LogP contribution in [-0.2, 0) is 4.79 Å². The van der Waals surface area contributed by atoms with Crippen LogP contribution < -0.4 is 4.74 Å². The maximum Gasteiger partial charge on any atom is 0.261 e. The molecule has 0 aromatic heterocycles. The number of hydrogen-bond acceptors (Lipinski definition) is 2. The number of benzene rings is 1. The average molecular weight is 436 g/mol. The lowest BCUT2D eigenvalue weighted by Gasteiger charge is -2.41. The summed E-state index contributed by atoms with van der Waals surface area (Å²) in [4.78, 5) is 15.5. The van der Waals surface area contributed by atoms with Crippen molar-refractivity contribution in [2.75, 3.05) is 6.61 Å². The van der Waals surface area contributed by atoms with E-state index >= 15 is 0 Å². The number of halogens is 1. The first-order valence-electron chi connectivity index (χ1n) is 10.8. The monoisotopic (exact) mass is 435 g/mol. The van der Waals surface area contributed by atoms with E-state index in [4.69, 9.17) is 4.74 Å². The van der Waals surface area contributed by atoms with Crippen molar-refractivity contribution in [2.45, 2.75) is 96.1 Å². The maximum atomic E-state index is 13.3. The average Bonchev–Trinajstić information content (AvgIpc) is 2.69. The molecular formula is C23H34BrNO2. The largest absolute Gasteiger partial charge is 0.483 e. The molecule has 3 rings (SSSR count). The number of hydrogen-bond donors (Lipinski definition) is 0. The van der Waals surface area contributed by atoms with Crippen molar-refractivity contribution in [3.63, 3.8) is 0 Å². The van der Waals surface area contributed by atoms with Crippen LogP contribution in [0.1, 0.15) is 89.5 Å². The van der Waals surface area contributed by atoms with Gasteiger partial charge in [0, 0.05) is 16.6 Å². The minimum Gasteiger partial charge on any atom is -0.483 e. The van der Waals surface area contributed by atoms with Crippen LogP contribution >= 0.6 is 15.9 Å². The van der Waals surface area contributed by atoms with Crippen LogP contribution in [0.15, 0.2) is 22.7 Å². The second-order valence-electron chi connectivity index (χ2n) is 8.51. The Morgan fingerprint density at radius 3 is 2.11 bits per heavy atom. The molecule has 2 fully saturated rings. The lowest BCUT2D eigenvalue weighted by Crippen LogP contribution is -2.50. The van der Waals surface area contributed by atoms with E-state index in [1.165, 1.54) is 38.5 Å². The Balaban J connectivity index is 1.70. The van der Waals surface area contributed by atoms with Crippen LogP contribution in [0.2, 0.25) is 0 Å². The molecule has 0 spiro atoms. The predicted molar refractivity (Wildman–Crippen MR) is 114 cm³/mol. The molecule has 0 radical (unpaired) electrons. The molecule has 27 heavy (non-hydrogen) atoms. The molecule has 0 N–H and O–H groups in total. The molecule has 0 saturated heterocycles. The van der Waals surface area contributed by atoms with Gasteiger partial charge in [-0.05, 0) is 55.4 Å². The number of carbonyl (C=O) groups excluding carboxylic acids is 1. The summed E-state index contributed by atoms with van der Waals surface area (Å²) >= 11 is 3.54. The number of rotatable bonds is 6. The van der Waals surface area contributed by atoms with Crippen LogP contribution in [0, 0.1) is 0 Å². The summed E-state index contributed by atoms with van der Waals surface area (Å²) in [5, 5.41) is 0. The van der Waals surface area contributed by atoms with Gasteiger partial charge in [-0.25, -0.2) is 0 Å². The summed E-state index contributed by atoms with van der Waals surface area (Å²) in [5.41, 5.74) is 1.15. The molecule has 2 saturated carbocycles. The number of amides is 1. The van der Waals surface area contributed by atoms with E-state index in [9.17, 15) is 4.79 Å². The van der Waals surface area contributed by atoms with Crippen LogP contribution in [-0.4, -0.2) is 29.5 Å². The molecule has 1 aromatic rings. The van der Waals surface area contributed by atoms with Gasteiger partial charge in [-0.15, -0.1) is 0 Å². The van der Waals surface area contributed by atoms with Gasteiger partial charge in [0.15, 0.2) is 6.61 Å². The van der Waals surface area contributed by atoms with Crippen molar-refractivity contribution in [2.24, 2.45) is 0 Å². The Bertz CT molecular complexity index is 601.